The number of hydrogen-bond acceptors (Lipinski definition) is 6. The summed E-state index contributed by atoms with van der Waals surface area (Å²) in [6, 6.07) is 11.4. The van der Waals surface area contributed by atoms with Crippen molar-refractivity contribution in [3.63, 3.8) is 0 Å². The highest BCUT2D eigenvalue weighted by Gasteiger charge is 2.41. The summed E-state index contributed by atoms with van der Waals surface area (Å²) < 4.78 is 85.9. The number of benzene rings is 2. The Balaban J connectivity index is 1.55. The summed E-state index contributed by atoms with van der Waals surface area (Å²) in [7, 11) is 0. The van der Waals surface area contributed by atoms with Crippen LogP contribution >= 0.6 is 11.3 Å². The Morgan fingerprint density at radius 3 is 2.26 bits per heavy atom. The fourth-order valence-electron chi connectivity index (χ4n) is 3.29. The number of nitriles is 2. The van der Waals surface area contributed by atoms with Crippen molar-refractivity contribution in [2.24, 2.45) is 0 Å². The summed E-state index contributed by atoms with van der Waals surface area (Å²) in [4.78, 5) is 10.2. The maximum Gasteiger partial charge on any atom is 0.416 e. The quantitative estimate of drug-likeness (QED) is 0.313. The van der Waals surface area contributed by atoms with E-state index in [9.17, 15) is 26.3 Å². The second-order valence-electron chi connectivity index (χ2n) is 7.26. The Morgan fingerprint density at radius 2 is 1.69 bits per heavy atom. The molecule has 0 aliphatic carbocycles. The van der Waals surface area contributed by atoms with E-state index in [2.05, 4.69) is 15.0 Å². The minimum Gasteiger partial charge on any atom is -0.431 e. The number of alkyl halides is 6. The number of H-pyrrole nitrogens is 1. The lowest BCUT2D eigenvalue weighted by Crippen LogP contribution is -2.23. The molecule has 4 aromatic rings. The predicted molar refractivity (Wildman–Crippen MR) is 112 cm³/mol. The van der Waals surface area contributed by atoms with Gasteiger partial charge in [0.1, 0.15) is 23.7 Å². The average molecular weight is 507 g/mol. The highest BCUT2D eigenvalue weighted by molar-refractivity contribution is 7.20. The van der Waals surface area contributed by atoms with E-state index in [0.717, 1.165) is 23.5 Å². The molecule has 0 bridgehead atoms. The fraction of sp³-hybridized carbons (Fsp3) is 0.182. The largest absolute Gasteiger partial charge is 0.431 e. The molecule has 1 atom stereocenters. The van der Waals surface area contributed by atoms with Crippen LogP contribution in [-0.2, 0) is 12.6 Å². The van der Waals surface area contributed by atoms with Gasteiger partial charge in [-0.3, -0.25) is 0 Å². The molecule has 0 aliphatic heterocycles. The SMILES string of the molecule is N#Cc1nc(CC(c2ccc(Oc3nc4cc(C(F)(F)F)ccc4s3)cc2)C(F)(F)F)[nH]c1C#N. The minimum absolute atomic E-state index is 0.0306. The average Bonchev–Trinajstić information content (AvgIpc) is 3.39. The van der Waals surface area contributed by atoms with Crippen molar-refractivity contribution in [1.82, 2.24) is 15.0 Å². The van der Waals surface area contributed by atoms with Gasteiger partial charge in [0.15, 0.2) is 11.4 Å². The maximum absolute atomic E-state index is 13.8. The molecule has 0 radical (unpaired) electrons. The van der Waals surface area contributed by atoms with Gasteiger partial charge in [-0.15, -0.1) is 0 Å². The molecular weight excluding hydrogens is 496 g/mol. The number of ether oxygens (including phenoxy) is 1. The maximum atomic E-state index is 13.8. The van der Waals surface area contributed by atoms with Crippen molar-refractivity contribution in [1.29, 1.82) is 10.5 Å². The van der Waals surface area contributed by atoms with E-state index in [0.29, 0.717) is 4.70 Å². The molecule has 35 heavy (non-hydrogen) atoms. The van der Waals surface area contributed by atoms with Gasteiger partial charge in [0.25, 0.3) is 5.19 Å². The van der Waals surface area contributed by atoms with Crippen LogP contribution in [0.2, 0.25) is 0 Å². The first-order valence-electron chi connectivity index (χ1n) is 9.69. The molecule has 13 heteroatoms. The Bertz CT molecular complexity index is 1430. The zero-order valence-electron chi connectivity index (χ0n) is 17.2. The third-order valence-corrected chi connectivity index (χ3v) is 5.86. The van der Waals surface area contributed by atoms with Gasteiger partial charge in [-0.05, 0) is 35.9 Å². The van der Waals surface area contributed by atoms with Crippen molar-refractivity contribution in [3.8, 4) is 23.1 Å². The molecule has 0 spiro atoms. The number of aromatic amines is 1. The number of imidazole rings is 1. The highest BCUT2D eigenvalue weighted by atomic mass is 32.1. The first-order chi connectivity index (χ1) is 16.5. The van der Waals surface area contributed by atoms with E-state index in [1.54, 1.807) is 12.1 Å². The van der Waals surface area contributed by atoms with Crippen LogP contribution in [0.4, 0.5) is 26.3 Å². The van der Waals surface area contributed by atoms with Gasteiger partial charge in [-0.25, -0.2) is 9.97 Å². The van der Waals surface area contributed by atoms with Gasteiger partial charge in [-0.2, -0.15) is 36.9 Å². The molecule has 2 aromatic heterocycles. The van der Waals surface area contributed by atoms with E-state index in [1.165, 1.54) is 30.3 Å². The summed E-state index contributed by atoms with van der Waals surface area (Å²) in [6.07, 6.45) is -9.80. The molecule has 178 valence electrons. The van der Waals surface area contributed by atoms with Gasteiger partial charge in [0, 0.05) is 6.42 Å². The van der Waals surface area contributed by atoms with Crippen LogP contribution in [0.1, 0.15) is 34.3 Å². The molecule has 0 saturated heterocycles. The summed E-state index contributed by atoms with van der Waals surface area (Å²) in [6.45, 7) is 0. The molecule has 2 heterocycles. The van der Waals surface area contributed by atoms with Gasteiger partial charge >= 0.3 is 12.4 Å². The van der Waals surface area contributed by atoms with Crippen molar-refractivity contribution in [3.05, 3.63) is 70.8 Å². The molecule has 1 unspecified atom stereocenters. The number of hydrogen-bond donors (Lipinski definition) is 1. The van der Waals surface area contributed by atoms with Crippen LogP contribution in [0.3, 0.4) is 0 Å². The lowest BCUT2D eigenvalue weighted by Gasteiger charge is -2.20. The molecule has 0 aliphatic rings. The summed E-state index contributed by atoms with van der Waals surface area (Å²) >= 11 is 0.990. The molecule has 1 N–H and O–H groups in total. The topological polar surface area (TPSA) is 98.4 Å². The highest BCUT2D eigenvalue weighted by Crippen LogP contribution is 2.39. The number of aromatic nitrogens is 3. The molecule has 6 nitrogen and oxygen atoms in total. The number of thiazole rings is 1. The smallest absolute Gasteiger partial charge is 0.416 e. The van der Waals surface area contributed by atoms with Crippen LogP contribution < -0.4 is 4.74 Å². The van der Waals surface area contributed by atoms with Gasteiger partial charge in [-0.1, -0.05) is 23.5 Å². The first-order valence-corrected chi connectivity index (χ1v) is 10.5. The Morgan fingerprint density at radius 1 is 0.971 bits per heavy atom. The van der Waals surface area contributed by atoms with Crippen molar-refractivity contribution >= 4 is 21.6 Å². The number of nitrogens with zero attached hydrogens (tertiary/aromatic N) is 4. The molecule has 0 fully saturated rings. The van der Waals surface area contributed by atoms with Crippen molar-refractivity contribution in [2.45, 2.75) is 24.7 Å². The first kappa shape index (κ1) is 24.0. The monoisotopic (exact) mass is 507 g/mol. The summed E-state index contributed by atoms with van der Waals surface area (Å²) in [5, 5.41) is 17.9. The molecule has 4 rings (SSSR count). The lowest BCUT2D eigenvalue weighted by molar-refractivity contribution is -0.150. The van der Waals surface area contributed by atoms with E-state index in [4.69, 9.17) is 15.3 Å². The van der Waals surface area contributed by atoms with Crippen LogP contribution in [0, 0.1) is 22.7 Å². The number of fused-ring (bicyclic) bond motifs is 1. The van der Waals surface area contributed by atoms with E-state index < -0.39 is 30.3 Å². The van der Waals surface area contributed by atoms with Crippen molar-refractivity contribution in [2.75, 3.05) is 0 Å². The van der Waals surface area contributed by atoms with Gasteiger partial charge in [0.05, 0.1) is 21.7 Å². The Hall–Kier alpha value is -4.10. The minimum atomic E-state index is -4.65. The van der Waals surface area contributed by atoms with Crippen LogP contribution in [0.5, 0.6) is 10.9 Å². The molecule has 2 aromatic carbocycles. The number of rotatable bonds is 5. The van der Waals surface area contributed by atoms with Gasteiger partial charge < -0.3 is 9.72 Å². The number of nitrogens with one attached hydrogen (secondary N) is 1. The van der Waals surface area contributed by atoms with Crippen LogP contribution in [-0.4, -0.2) is 21.1 Å². The predicted octanol–water partition coefficient (Wildman–Crippen LogP) is 6.46. The standard InChI is InChI=1S/C22H11F6N5OS/c23-21(24,25)12-3-6-18-15(7-12)33-20(35-18)34-13-4-1-11(2-5-13)14(22(26,27)28)8-19-31-16(9-29)17(10-30)32-19/h1-7,14H,8H2,(H,31,32). The fourth-order valence-corrected chi connectivity index (χ4v) is 4.11. The lowest BCUT2D eigenvalue weighted by atomic mass is 9.94. The van der Waals surface area contributed by atoms with Crippen molar-refractivity contribution < 1.29 is 31.1 Å². The third kappa shape index (κ3) is 5.20. The zero-order valence-corrected chi connectivity index (χ0v) is 18.0. The van der Waals surface area contributed by atoms with Gasteiger partial charge in [0.2, 0.25) is 0 Å². The number of halogens is 6. The molecule has 0 amide bonds. The van der Waals surface area contributed by atoms with Crippen LogP contribution in [0.25, 0.3) is 10.2 Å². The summed E-state index contributed by atoms with van der Waals surface area (Å²) in [5.74, 6) is -2.00. The van der Waals surface area contributed by atoms with E-state index >= 15 is 0 Å². The Kier molecular flexibility index (Phi) is 6.13. The van der Waals surface area contributed by atoms with E-state index in [1.807, 2.05) is 0 Å². The second-order valence-corrected chi connectivity index (χ2v) is 8.25. The Labute approximate surface area is 197 Å². The molecular formula is C22H11F6N5OS. The molecule has 0 saturated carbocycles. The zero-order chi connectivity index (χ0) is 25.4. The second kappa shape index (κ2) is 8.92. The van der Waals surface area contributed by atoms with Crippen LogP contribution in [0.15, 0.2) is 42.5 Å². The third-order valence-electron chi connectivity index (χ3n) is 4.95. The van der Waals surface area contributed by atoms with E-state index in [-0.39, 0.29) is 39.2 Å². The summed E-state index contributed by atoms with van der Waals surface area (Å²) in [5.41, 5.74) is -1.39. The normalized spacial score (nSPS) is 12.8.